The third-order valence-electron chi connectivity index (χ3n) is 19.8. The zero-order valence-corrected chi connectivity index (χ0v) is 54.2. The number of hydrogen-bond donors (Lipinski definition) is 4. The van der Waals surface area contributed by atoms with Crippen molar-refractivity contribution in [2.75, 3.05) is 13.1 Å². The number of carbonyl (C=O) groups excluding carboxylic acids is 2. The molecule has 2 aromatic heterocycles. The fraction of sp³-hybridized carbons (Fsp3) is 0.400. The third-order valence-corrected chi connectivity index (χ3v) is 19.8. The summed E-state index contributed by atoms with van der Waals surface area (Å²) in [5.41, 5.74) is 6.08. The van der Waals surface area contributed by atoms with Gasteiger partial charge in [0.1, 0.15) is 5.92 Å². The van der Waals surface area contributed by atoms with Crippen LogP contribution in [0.5, 0.6) is 0 Å². The molecule has 0 bridgehead atoms. The first-order valence-corrected chi connectivity index (χ1v) is 34.3. The summed E-state index contributed by atoms with van der Waals surface area (Å²) in [6.07, 6.45) is 23.5. The number of aromatic carboxylic acids is 1. The van der Waals surface area contributed by atoms with E-state index in [4.69, 9.17) is 0 Å². The number of aryl methyl sites for hydroxylation is 6. The molecule has 2 unspecified atom stereocenters. The Hall–Kier alpha value is -9.00. The highest BCUT2D eigenvalue weighted by molar-refractivity contribution is 6.31. The molecule has 8 aromatic carbocycles. The number of carboxylic acids is 2. The Labute approximate surface area is 540 Å². The first kappa shape index (κ1) is 64.5. The molecule has 0 aliphatic heterocycles. The molecule has 0 fully saturated rings. The van der Waals surface area contributed by atoms with Gasteiger partial charge in [-0.3, -0.25) is 9.59 Å². The van der Waals surface area contributed by atoms with Gasteiger partial charge in [-0.1, -0.05) is 159 Å². The van der Waals surface area contributed by atoms with Gasteiger partial charge in [0.2, 0.25) is 11.8 Å². The summed E-state index contributed by atoms with van der Waals surface area (Å²) in [6, 6.07) is 43.3. The van der Waals surface area contributed by atoms with E-state index in [-0.39, 0.29) is 34.8 Å². The van der Waals surface area contributed by atoms with E-state index in [1.165, 1.54) is 133 Å². The molecule has 92 heavy (non-hydrogen) atoms. The van der Waals surface area contributed by atoms with Gasteiger partial charge in [0.25, 0.3) is 0 Å². The zero-order valence-electron chi connectivity index (χ0n) is 54.2. The molecule has 0 saturated heterocycles. The van der Waals surface area contributed by atoms with Crippen LogP contribution in [-0.4, -0.2) is 56.2 Å². The Morgan fingerprint density at radius 3 is 1.37 bits per heavy atom. The number of hydrogen-bond acceptors (Lipinski definition) is 6. The average molecular weight is 1230 g/mol. The Morgan fingerprint density at radius 1 is 0.478 bits per heavy atom. The third kappa shape index (κ3) is 12.5. The maximum atomic E-state index is 16.1. The van der Waals surface area contributed by atoms with Crippen molar-refractivity contribution < 1.29 is 29.4 Å². The van der Waals surface area contributed by atoms with Gasteiger partial charge >= 0.3 is 11.9 Å². The maximum Gasteiger partial charge on any atom is 0.336 e. The Bertz CT molecular complexity index is 4450. The summed E-state index contributed by atoms with van der Waals surface area (Å²) in [5.74, 6) is -6.93. The van der Waals surface area contributed by atoms with E-state index in [1.54, 1.807) is 24.3 Å². The minimum atomic E-state index is -2.57. The van der Waals surface area contributed by atoms with Crippen LogP contribution in [0.1, 0.15) is 187 Å². The van der Waals surface area contributed by atoms with Crippen LogP contribution in [0.2, 0.25) is 0 Å². The number of carbonyl (C=O) groups is 4. The number of aliphatic carboxylic acids is 1. The van der Waals surface area contributed by atoms with Gasteiger partial charge in [-0.05, 0) is 180 Å². The van der Waals surface area contributed by atoms with Crippen molar-refractivity contribution in [2.45, 2.75) is 187 Å². The Morgan fingerprint density at radius 2 is 0.946 bits per heavy atom. The maximum absolute atomic E-state index is 16.1. The van der Waals surface area contributed by atoms with Crippen molar-refractivity contribution in [3.05, 3.63) is 159 Å². The lowest BCUT2D eigenvalue weighted by molar-refractivity contribution is -0.136. The molecule has 1 aliphatic carbocycles. The molecule has 10 aromatic rings. The van der Waals surface area contributed by atoms with Gasteiger partial charge in [-0.2, -0.15) is 10.5 Å². The highest BCUT2D eigenvalue weighted by Crippen LogP contribution is 2.50. The van der Waals surface area contributed by atoms with Crippen molar-refractivity contribution in [1.82, 2.24) is 19.8 Å². The highest BCUT2D eigenvalue weighted by atomic mass is 16.4. The first-order chi connectivity index (χ1) is 44.9. The molecule has 2 amide bonds. The number of nitrogens with zero attached hydrogens (tertiary/aromatic N) is 4. The molecule has 0 spiro atoms. The van der Waals surface area contributed by atoms with Crippen molar-refractivity contribution in [1.29, 1.82) is 10.5 Å². The van der Waals surface area contributed by atoms with Crippen molar-refractivity contribution in [3.63, 3.8) is 0 Å². The number of fused-ring (bicyclic) bond motifs is 8. The number of amides is 2. The second-order valence-electron chi connectivity index (χ2n) is 25.9. The molecule has 0 radical (unpaired) electrons. The van der Waals surface area contributed by atoms with Gasteiger partial charge in [0.05, 0.1) is 28.8 Å². The van der Waals surface area contributed by atoms with E-state index < -0.39 is 46.2 Å². The van der Waals surface area contributed by atoms with Crippen LogP contribution in [0, 0.1) is 28.6 Å². The number of aromatic nitrogens is 2. The summed E-state index contributed by atoms with van der Waals surface area (Å²) >= 11 is 0. The smallest absolute Gasteiger partial charge is 0.336 e. The summed E-state index contributed by atoms with van der Waals surface area (Å²) in [4.78, 5) is 59.7. The lowest BCUT2D eigenvalue weighted by Gasteiger charge is -2.39. The van der Waals surface area contributed by atoms with Crippen LogP contribution in [0.15, 0.2) is 115 Å². The molecular formula is C80H88N6O6. The molecule has 4 N–H and O–H groups in total. The van der Waals surface area contributed by atoms with E-state index in [2.05, 4.69) is 132 Å². The lowest BCUT2D eigenvalue weighted by atomic mass is 9.60. The number of carboxylic acid groups (broad SMARTS) is 2. The minimum absolute atomic E-state index is 0.0297. The summed E-state index contributed by atoms with van der Waals surface area (Å²) < 4.78 is 4.57. The summed E-state index contributed by atoms with van der Waals surface area (Å²) in [5, 5.41) is 58.4. The predicted molar refractivity (Wildman–Crippen MR) is 373 cm³/mol. The molecule has 474 valence electrons. The standard InChI is InChI=1S/C80H88N6O6/c1-5-9-13-17-24-52-30-38-65-61(46-52)62-47-53(25-18-14-10-6-2)31-39-66(62)85(65)44-22-42-83-76(87)75-73(78(90)91)71-60(77(88)89)37-36-58-70-57(50-81)35-34-56-28-21-29-59(69(56)70)74(72(58)71)80(75,51-82)79(92)84-43-23-45-86-67-40-32-54(26-19-15-11-7-3)48-63(67)64-49-55(33-41-68(64)86)27-20-16-12-8-4/h21,28-41,46-49,75H,5-20,22-27,42-45H2,1-4H3,(H,83,87)(H,84,92)(H,88,89)(H,90,91). The van der Waals surface area contributed by atoms with Crippen LogP contribution in [0.4, 0.5) is 0 Å². The number of unbranched alkanes of at least 4 members (excludes halogenated alkanes) is 12. The fourth-order valence-corrected chi connectivity index (χ4v) is 15.2. The minimum Gasteiger partial charge on any atom is -0.478 e. The van der Waals surface area contributed by atoms with Gasteiger partial charge < -0.3 is 30.0 Å². The van der Waals surface area contributed by atoms with Crippen molar-refractivity contribution in [3.8, 4) is 12.1 Å². The number of benzene rings is 8. The molecule has 1 aliphatic rings. The van der Waals surface area contributed by atoms with Gasteiger partial charge in [-0.25, -0.2) is 9.59 Å². The molecule has 12 heteroatoms. The van der Waals surface area contributed by atoms with E-state index in [9.17, 15) is 30.3 Å². The fourth-order valence-electron chi connectivity index (χ4n) is 15.2. The van der Waals surface area contributed by atoms with Crippen molar-refractivity contribution in [2.24, 2.45) is 5.92 Å². The molecule has 0 saturated carbocycles. The highest BCUT2D eigenvalue weighted by Gasteiger charge is 2.58. The van der Waals surface area contributed by atoms with E-state index in [1.807, 2.05) is 6.07 Å². The SMILES string of the molecule is CCCCCCc1ccc2c(c1)c1cc(CCCCCC)ccc1n2CCCNC(=O)C1C(C(=O)O)=c2c(C(=O)O)ccc3c2c(c2cccc4ccc(C#N)c3c42)C1(C#N)C(=O)NCCCn1c2ccc(CCCCCC)cc2c2cc(CCCCCC)ccc21. The lowest BCUT2D eigenvalue weighted by Crippen LogP contribution is -2.58. The van der Waals surface area contributed by atoms with Gasteiger partial charge in [0, 0.05) is 80.4 Å². The molecular weight excluding hydrogens is 1140 g/mol. The largest absolute Gasteiger partial charge is 0.478 e. The normalized spacial score (nSPS) is 14.7. The average Bonchev–Trinajstić information content (AvgIpc) is 0.878. The van der Waals surface area contributed by atoms with Crippen molar-refractivity contribution >= 4 is 105 Å². The second kappa shape index (κ2) is 29.1. The van der Waals surface area contributed by atoms with E-state index in [0.717, 1.165) is 73.4 Å². The van der Waals surface area contributed by atoms with Crippen LogP contribution in [0.3, 0.4) is 0 Å². The van der Waals surface area contributed by atoms with E-state index >= 15 is 9.59 Å². The first-order valence-electron chi connectivity index (χ1n) is 34.3. The molecule has 2 heterocycles. The number of nitrogens with one attached hydrogen (secondary N) is 2. The molecule has 2 atom stereocenters. The second-order valence-corrected chi connectivity index (χ2v) is 25.9. The van der Waals surface area contributed by atoms with Gasteiger partial charge in [-0.15, -0.1) is 0 Å². The quantitative estimate of drug-likeness (QED) is 0.0182. The van der Waals surface area contributed by atoms with Crippen LogP contribution < -0.4 is 15.9 Å². The monoisotopic (exact) mass is 1230 g/mol. The summed E-state index contributed by atoms with van der Waals surface area (Å²) in [6.45, 7) is 9.96. The topological polar surface area (TPSA) is 190 Å². The van der Waals surface area contributed by atoms with Crippen LogP contribution >= 0.6 is 0 Å². The van der Waals surface area contributed by atoms with Crippen LogP contribution in [0.25, 0.3) is 81.5 Å². The zero-order chi connectivity index (χ0) is 64.5. The summed E-state index contributed by atoms with van der Waals surface area (Å²) in [7, 11) is 0. The Kier molecular flexibility index (Phi) is 20.4. The van der Waals surface area contributed by atoms with E-state index in [0.29, 0.717) is 52.9 Å². The number of nitriles is 2. The molecule has 12 nitrogen and oxygen atoms in total. The van der Waals surface area contributed by atoms with Gasteiger partial charge in [0.15, 0.2) is 5.41 Å². The van der Waals surface area contributed by atoms with Crippen LogP contribution in [-0.2, 0) is 58.6 Å². The molecule has 11 rings (SSSR count). The number of rotatable bonds is 32. The Balaban J connectivity index is 0.965. The predicted octanol–water partition coefficient (Wildman–Crippen LogP) is 17.2.